The standard InChI is InChI=1S/C18H19FN2O2S/c1-3-17(18(23)21-14-9-7-13(19)8-10-14)24-16-6-4-5-15(11-16)20-12(2)22/h4-11,17H,3H2,1-2H3,(H,20,22)(H,21,23). The Balaban J connectivity index is 2.04. The Hall–Kier alpha value is -2.34. The van der Waals surface area contributed by atoms with Crippen molar-refractivity contribution in [3.63, 3.8) is 0 Å². The lowest BCUT2D eigenvalue weighted by Gasteiger charge is -2.15. The molecule has 2 aromatic carbocycles. The fraction of sp³-hybridized carbons (Fsp3) is 0.222. The fourth-order valence-corrected chi connectivity index (χ4v) is 3.11. The van der Waals surface area contributed by atoms with Crippen molar-refractivity contribution in [1.29, 1.82) is 0 Å². The highest BCUT2D eigenvalue weighted by Gasteiger charge is 2.18. The average Bonchev–Trinajstić information content (AvgIpc) is 2.54. The van der Waals surface area contributed by atoms with Gasteiger partial charge in [0, 0.05) is 23.2 Å². The number of hydrogen-bond donors (Lipinski definition) is 2. The van der Waals surface area contributed by atoms with Crippen molar-refractivity contribution in [2.24, 2.45) is 0 Å². The van der Waals surface area contributed by atoms with Crippen LogP contribution in [0.5, 0.6) is 0 Å². The van der Waals surface area contributed by atoms with E-state index in [1.165, 1.54) is 43.0 Å². The minimum atomic E-state index is -0.343. The van der Waals surface area contributed by atoms with Crippen molar-refractivity contribution in [3.8, 4) is 0 Å². The van der Waals surface area contributed by atoms with Gasteiger partial charge in [-0.15, -0.1) is 11.8 Å². The lowest BCUT2D eigenvalue weighted by Crippen LogP contribution is -2.24. The zero-order chi connectivity index (χ0) is 17.5. The molecule has 0 heterocycles. The minimum Gasteiger partial charge on any atom is -0.326 e. The number of carbonyl (C=O) groups is 2. The fourth-order valence-electron chi connectivity index (χ4n) is 2.09. The first kappa shape index (κ1) is 18.0. The zero-order valence-corrected chi connectivity index (χ0v) is 14.3. The van der Waals surface area contributed by atoms with Gasteiger partial charge in [-0.2, -0.15) is 0 Å². The van der Waals surface area contributed by atoms with E-state index in [2.05, 4.69) is 10.6 Å². The molecule has 6 heteroatoms. The van der Waals surface area contributed by atoms with Crippen LogP contribution < -0.4 is 10.6 Å². The van der Waals surface area contributed by atoms with Gasteiger partial charge in [-0.1, -0.05) is 13.0 Å². The van der Waals surface area contributed by atoms with Crippen molar-refractivity contribution in [2.75, 3.05) is 10.6 Å². The van der Waals surface area contributed by atoms with E-state index < -0.39 is 0 Å². The molecule has 2 N–H and O–H groups in total. The van der Waals surface area contributed by atoms with E-state index in [9.17, 15) is 14.0 Å². The Kier molecular flexibility index (Phi) is 6.37. The first-order chi connectivity index (χ1) is 11.5. The van der Waals surface area contributed by atoms with E-state index in [1.54, 1.807) is 6.07 Å². The third kappa shape index (κ3) is 5.38. The Morgan fingerprint density at radius 3 is 2.42 bits per heavy atom. The molecule has 2 rings (SSSR count). The average molecular weight is 346 g/mol. The molecule has 2 amide bonds. The van der Waals surface area contributed by atoms with Gasteiger partial charge in [-0.3, -0.25) is 9.59 Å². The summed E-state index contributed by atoms with van der Waals surface area (Å²) in [6.45, 7) is 3.38. The summed E-state index contributed by atoms with van der Waals surface area (Å²) in [5.74, 6) is -0.624. The van der Waals surface area contributed by atoms with Crippen LogP contribution >= 0.6 is 11.8 Å². The number of amides is 2. The highest BCUT2D eigenvalue weighted by atomic mass is 32.2. The molecule has 1 unspecified atom stereocenters. The molecule has 0 saturated heterocycles. The van der Waals surface area contributed by atoms with E-state index >= 15 is 0 Å². The van der Waals surface area contributed by atoms with E-state index in [1.807, 2.05) is 25.1 Å². The number of anilines is 2. The topological polar surface area (TPSA) is 58.2 Å². The first-order valence-electron chi connectivity index (χ1n) is 7.58. The predicted octanol–water partition coefficient (Wildman–Crippen LogP) is 4.29. The molecule has 0 aliphatic rings. The van der Waals surface area contributed by atoms with Gasteiger partial charge < -0.3 is 10.6 Å². The molecule has 0 spiro atoms. The van der Waals surface area contributed by atoms with Crippen LogP contribution in [0.1, 0.15) is 20.3 Å². The number of rotatable bonds is 6. The van der Waals surface area contributed by atoms with Gasteiger partial charge in [0.25, 0.3) is 0 Å². The van der Waals surface area contributed by atoms with Gasteiger partial charge in [0.05, 0.1) is 5.25 Å². The van der Waals surface area contributed by atoms with E-state index in [0.717, 1.165) is 4.90 Å². The normalized spacial score (nSPS) is 11.6. The summed E-state index contributed by atoms with van der Waals surface area (Å²) in [5, 5.41) is 5.22. The van der Waals surface area contributed by atoms with E-state index in [-0.39, 0.29) is 22.9 Å². The van der Waals surface area contributed by atoms with Crippen LogP contribution in [0.3, 0.4) is 0 Å². The third-order valence-electron chi connectivity index (χ3n) is 3.21. The Morgan fingerprint density at radius 2 is 1.79 bits per heavy atom. The Labute approximate surface area is 144 Å². The number of carbonyl (C=O) groups excluding carboxylic acids is 2. The summed E-state index contributed by atoms with van der Waals surface area (Å²) >= 11 is 1.42. The molecule has 0 radical (unpaired) electrons. The largest absolute Gasteiger partial charge is 0.326 e. The van der Waals surface area contributed by atoms with Gasteiger partial charge in [0.15, 0.2) is 0 Å². The highest BCUT2D eigenvalue weighted by Crippen LogP contribution is 2.28. The number of halogens is 1. The molecule has 0 aromatic heterocycles. The third-order valence-corrected chi connectivity index (χ3v) is 4.57. The molecule has 4 nitrogen and oxygen atoms in total. The molecule has 1 atom stereocenters. The predicted molar refractivity (Wildman–Crippen MR) is 95.7 cm³/mol. The zero-order valence-electron chi connectivity index (χ0n) is 13.5. The molecule has 0 fully saturated rings. The quantitative estimate of drug-likeness (QED) is 0.767. The molecular formula is C18H19FN2O2S. The SMILES string of the molecule is CCC(Sc1cccc(NC(C)=O)c1)C(=O)Nc1ccc(F)cc1. The summed E-state index contributed by atoms with van der Waals surface area (Å²) in [5.41, 5.74) is 1.26. The monoisotopic (exact) mass is 346 g/mol. The number of benzene rings is 2. The van der Waals surface area contributed by atoms with Crippen LogP contribution in [0.2, 0.25) is 0 Å². The van der Waals surface area contributed by atoms with Gasteiger partial charge >= 0.3 is 0 Å². The number of thioether (sulfide) groups is 1. The number of hydrogen-bond acceptors (Lipinski definition) is 3. The van der Waals surface area contributed by atoms with Crippen molar-refractivity contribution >= 4 is 35.0 Å². The van der Waals surface area contributed by atoms with E-state index in [4.69, 9.17) is 0 Å². The summed E-state index contributed by atoms with van der Waals surface area (Å²) < 4.78 is 12.9. The molecular weight excluding hydrogens is 327 g/mol. The van der Waals surface area contributed by atoms with Crippen LogP contribution in [0, 0.1) is 5.82 Å². The first-order valence-corrected chi connectivity index (χ1v) is 8.46. The van der Waals surface area contributed by atoms with Gasteiger partial charge in [0.2, 0.25) is 11.8 Å². The molecule has 0 aliphatic carbocycles. The van der Waals surface area contributed by atoms with Crippen molar-refractivity contribution < 1.29 is 14.0 Å². The number of nitrogens with one attached hydrogen (secondary N) is 2. The molecule has 126 valence electrons. The van der Waals surface area contributed by atoms with Crippen LogP contribution in [-0.2, 0) is 9.59 Å². The Bertz CT molecular complexity index is 719. The summed E-state index contributed by atoms with van der Waals surface area (Å²) in [6, 6.07) is 13.0. The van der Waals surface area contributed by atoms with Crippen LogP contribution in [-0.4, -0.2) is 17.1 Å². The van der Waals surface area contributed by atoms with Crippen LogP contribution in [0.25, 0.3) is 0 Å². The summed E-state index contributed by atoms with van der Waals surface area (Å²) in [6.07, 6.45) is 0.641. The van der Waals surface area contributed by atoms with Gasteiger partial charge in [-0.05, 0) is 48.9 Å². The molecule has 24 heavy (non-hydrogen) atoms. The second kappa shape index (κ2) is 8.49. The van der Waals surface area contributed by atoms with Crippen LogP contribution in [0.4, 0.5) is 15.8 Å². The van der Waals surface area contributed by atoms with Gasteiger partial charge in [-0.25, -0.2) is 4.39 Å². The smallest absolute Gasteiger partial charge is 0.237 e. The van der Waals surface area contributed by atoms with Crippen molar-refractivity contribution in [1.82, 2.24) is 0 Å². The highest BCUT2D eigenvalue weighted by molar-refractivity contribution is 8.00. The minimum absolute atomic E-state index is 0.140. The lowest BCUT2D eigenvalue weighted by atomic mass is 10.2. The summed E-state index contributed by atoms with van der Waals surface area (Å²) in [4.78, 5) is 24.4. The van der Waals surface area contributed by atoms with Crippen molar-refractivity contribution in [3.05, 3.63) is 54.3 Å². The van der Waals surface area contributed by atoms with Crippen LogP contribution in [0.15, 0.2) is 53.4 Å². The van der Waals surface area contributed by atoms with Crippen molar-refractivity contribution in [2.45, 2.75) is 30.4 Å². The molecule has 0 saturated carbocycles. The second-order valence-electron chi connectivity index (χ2n) is 5.22. The maximum absolute atomic E-state index is 12.9. The van der Waals surface area contributed by atoms with E-state index in [0.29, 0.717) is 17.8 Å². The second-order valence-corrected chi connectivity index (χ2v) is 6.50. The van der Waals surface area contributed by atoms with Gasteiger partial charge in [0.1, 0.15) is 5.82 Å². The Morgan fingerprint density at radius 1 is 1.08 bits per heavy atom. The maximum atomic E-state index is 12.9. The molecule has 0 aliphatic heterocycles. The maximum Gasteiger partial charge on any atom is 0.237 e. The molecule has 2 aromatic rings. The lowest BCUT2D eigenvalue weighted by molar-refractivity contribution is -0.116. The molecule has 0 bridgehead atoms. The summed E-state index contributed by atoms with van der Waals surface area (Å²) in [7, 11) is 0.